The Bertz CT molecular complexity index is 2600. The Morgan fingerprint density at radius 1 is 0.708 bits per heavy atom. The summed E-state index contributed by atoms with van der Waals surface area (Å²) in [5, 5.41) is 5.51. The molecule has 0 aliphatic carbocycles. The lowest BCUT2D eigenvalue weighted by Crippen LogP contribution is -2.51. The van der Waals surface area contributed by atoms with Crippen molar-refractivity contribution in [1.29, 1.82) is 0 Å². The molecule has 0 saturated carbocycles. The SMILES string of the molecule is CC[C@H](C)[C@H](NC(=O)OC)C(=O)N1CCC[C@H]1c1nc2ccc(-c3ccc(-c4ccc(-c5cnc([C@@H]6CCCN6C(=O)[C@@H](NC(=O)OC)C(C)C)[nH]5)cc4)c4c3C3CCC4N3C)cc2[nH]1. The second kappa shape index (κ2) is 18.0. The van der Waals surface area contributed by atoms with Crippen LogP contribution in [0.15, 0.2) is 60.8 Å². The standard InChI is InChI=1S/C50H61N9O6/c1-8-28(4)44(56-50(63)65-7)48(61)59-24-10-12-40(59)46-52-34-20-17-31(25-35(34)53-46)33-19-18-32(41-37-21-22-38(42(33)41)57(37)5)29-13-15-30(16-14-29)36-26-51-45(54-36)39-11-9-23-58(39)47(60)43(27(2)3)55-49(62)64-6/h13-20,25-28,37-40,43-44H,8-12,21-24H2,1-7H3,(H,51,54)(H,52,53)(H,55,62)(H,56,63)/t28-,37?,38?,39-,40-,43-,44-/m0/s1. The first kappa shape index (κ1) is 44.0. The molecule has 3 aromatic carbocycles. The van der Waals surface area contributed by atoms with Gasteiger partial charge in [-0.3, -0.25) is 14.5 Å². The summed E-state index contributed by atoms with van der Waals surface area (Å²) in [6.45, 7) is 9.02. The zero-order chi connectivity index (χ0) is 45.7. The van der Waals surface area contributed by atoms with Crippen LogP contribution in [0.2, 0.25) is 0 Å². The minimum atomic E-state index is -0.690. The third kappa shape index (κ3) is 8.01. The van der Waals surface area contributed by atoms with Gasteiger partial charge in [-0.25, -0.2) is 19.6 Å². The number of hydrogen-bond donors (Lipinski definition) is 4. The van der Waals surface area contributed by atoms with Crippen LogP contribution in [0.1, 0.15) is 120 Å². The molecule has 4 aliphatic rings. The third-order valence-corrected chi connectivity index (χ3v) is 14.6. The molecular formula is C50H61N9O6. The number of ether oxygens (including phenoxy) is 2. The molecule has 0 radical (unpaired) electrons. The Hall–Kier alpha value is -6.22. The van der Waals surface area contributed by atoms with Crippen LogP contribution in [-0.2, 0) is 19.1 Å². The number of carbonyl (C=O) groups excluding carboxylic acids is 4. The molecule has 6 heterocycles. The van der Waals surface area contributed by atoms with Crippen molar-refractivity contribution in [2.45, 2.75) is 109 Å². The first-order valence-electron chi connectivity index (χ1n) is 23.2. The number of likely N-dealkylation sites (tertiary alicyclic amines) is 2. The number of nitrogens with zero attached hydrogens (tertiary/aromatic N) is 5. The van der Waals surface area contributed by atoms with E-state index in [9.17, 15) is 19.2 Å². The molecule has 7 atom stereocenters. The average Bonchev–Trinajstić information content (AvgIpc) is 4.20. The number of benzene rings is 3. The van der Waals surface area contributed by atoms with Crippen molar-refractivity contribution in [2.75, 3.05) is 34.4 Å². The van der Waals surface area contributed by atoms with Crippen molar-refractivity contribution in [3.8, 4) is 33.5 Å². The minimum Gasteiger partial charge on any atom is -0.453 e. The third-order valence-electron chi connectivity index (χ3n) is 14.6. The van der Waals surface area contributed by atoms with E-state index in [4.69, 9.17) is 19.4 Å². The van der Waals surface area contributed by atoms with Crippen LogP contribution in [0.4, 0.5) is 9.59 Å². The van der Waals surface area contributed by atoms with Crippen LogP contribution in [0.3, 0.4) is 0 Å². The maximum Gasteiger partial charge on any atom is 0.407 e. The number of nitrogens with one attached hydrogen (secondary N) is 4. The number of H-pyrrole nitrogens is 2. The van der Waals surface area contributed by atoms with Crippen LogP contribution < -0.4 is 10.6 Å². The second-order valence-corrected chi connectivity index (χ2v) is 18.6. The van der Waals surface area contributed by atoms with Gasteiger partial charge in [-0.2, -0.15) is 0 Å². The van der Waals surface area contributed by atoms with Crippen molar-refractivity contribution < 1.29 is 28.7 Å². The largest absolute Gasteiger partial charge is 0.453 e. The maximum absolute atomic E-state index is 14.0. The molecule has 2 bridgehead atoms. The van der Waals surface area contributed by atoms with Crippen LogP contribution in [0.25, 0.3) is 44.5 Å². The Balaban J connectivity index is 0.962. The van der Waals surface area contributed by atoms with Gasteiger partial charge in [0.05, 0.1) is 49.2 Å². The smallest absolute Gasteiger partial charge is 0.407 e. The van der Waals surface area contributed by atoms with Gasteiger partial charge in [-0.15, -0.1) is 0 Å². The summed E-state index contributed by atoms with van der Waals surface area (Å²) in [6, 6.07) is 18.5. The highest BCUT2D eigenvalue weighted by molar-refractivity contribution is 5.89. The molecule has 4 N–H and O–H groups in total. The first-order chi connectivity index (χ1) is 31.4. The summed E-state index contributed by atoms with van der Waals surface area (Å²) in [7, 11) is 4.86. The number of imidazole rings is 2. The van der Waals surface area contributed by atoms with Gasteiger partial charge in [0.25, 0.3) is 0 Å². The summed E-state index contributed by atoms with van der Waals surface area (Å²) in [6.07, 6.45) is 6.86. The maximum atomic E-state index is 14.0. The summed E-state index contributed by atoms with van der Waals surface area (Å²) in [4.78, 5) is 75.1. The average molecular weight is 884 g/mol. The van der Waals surface area contributed by atoms with E-state index in [0.717, 1.165) is 90.0 Å². The molecule has 342 valence electrons. The van der Waals surface area contributed by atoms with Crippen LogP contribution in [0.5, 0.6) is 0 Å². The van der Waals surface area contributed by atoms with Gasteiger partial charge in [0.1, 0.15) is 23.7 Å². The Labute approximate surface area is 380 Å². The Morgan fingerprint density at radius 3 is 1.86 bits per heavy atom. The zero-order valence-electron chi connectivity index (χ0n) is 38.4. The summed E-state index contributed by atoms with van der Waals surface area (Å²) in [5.74, 6) is 1.10. The number of aromatic amines is 2. The molecule has 65 heavy (non-hydrogen) atoms. The second-order valence-electron chi connectivity index (χ2n) is 18.6. The van der Waals surface area contributed by atoms with Gasteiger partial charge in [0.15, 0.2) is 0 Å². The highest BCUT2D eigenvalue weighted by Crippen LogP contribution is 2.57. The fraction of sp³-hybridized carbons (Fsp3) is 0.480. The predicted octanol–water partition coefficient (Wildman–Crippen LogP) is 8.59. The normalized spacial score (nSPS) is 21.7. The number of rotatable bonds is 12. The Morgan fingerprint density at radius 2 is 1.26 bits per heavy atom. The topological polar surface area (TPSA) is 178 Å². The van der Waals surface area contributed by atoms with Gasteiger partial charge < -0.3 is 39.9 Å². The molecule has 3 saturated heterocycles. The molecule has 15 nitrogen and oxygen atoms in total. The van der Waals surface area contributed by atoms with E-state index in [-0.39, 0.29) is 35.7 Å². The molecule has 9 rings (SSSR count). The quantitative estimate of drug-likeness (QED) is 0.0956. The number of carbonyl (C=O) groups is 4. The van der Waals surface area contributed by atoms with Gasteiger partial charge in [-0.05, 0) is 108 Å². The summed E-state index contributed by atoms with van der Waals surface area (Å²) >= 11 is 0. The number of methoxy groups -OCH3 is 2. The van der Waals surface area contributed by atoms with E-state index >= 15 is 0 Å². The van der Waals surface area contributed by atoms with Crippen LogP contribution >= 0.6 is 0 Å². The van der Waals surface area contributed by atoms with Crippen molar-refractivity contribution in [3.05, 3.63) is 83.6 Å². The zero-order valence-corrected chi connectivity index (χ0v) is 38.4. The van der Waals surface area contributed by atoms with E-state index in [1.807, 2.05) is 43.7 Å². The molecule has 4 aliphatic heterocycles. The van der Waals surface area contributed by atoms with E-state index in [1.165, 1.54) is 36.5 Å². The number of hydrogen-bond acceptors (Lipinski definition) is 9. The molecule has 4 amide bonds. The number of aromatic nitrogens is 4. The van der Waals surface area contributed by atoms with Gasteiger partial charge in [0.2, 0.25) is 11.8 Å². The number of fused-ring (bicyclic) bond motifs is 6. The molecule has 5 aromatic rings. The van der Waals surface area contributed by atoms with Crippen LogP contribution in [0, 0.1) is 11.8 Å². The number of alkyl carbamates (subject to hydrolysis) is 2. The molecule has 2 unspecified atom stereocenters. The highest BCUT2D eigenvalue weighted by atomic mass is 16.5. The van der Waals surface area contributed by atoms with Crippen molar-refractivity contribution in [2.24, 2.45) is 11.8 Å². The van der Waals surface area contributed by atoms with E-state index in [2.05, 4.69) is 87.1 Å². The van der Waals surface area contributed by atoms with Crippen molar-refractivity contribution in [1.82, 2.24) is 45.3 Å². The molecule has 2 aromatic heterocycles. The van der Waals surface area contributed by atoms with Crippen molar-refractivity contribution in [3.63, 3.8) is 0 Å². The van der Waals surface area contributed by atoms with Gasteiger partial charge >= 0.3 is 12.2 Å². The molecule has 3 fully saturated rings. The summed E-state index contributed by atoms with van der Waals surface area (Å²) < 4.78 is 9.66. The minimum absolute atomic E-state index is 0.0584. The van der Waals surface area contributed by atoms with Crippen LogP contribution in [-0.4, -0.2) is 105 Å². The lowest BCUT2D eigenvalue weighted by atomic mass is 9.81. The molecular weight excluding hydrogens is 823 g/mol. The van der Waals surface area contributed by atoms with Crippen molar-refractivity contribution >= 4 is 35.0 Å². The lowest BCUT2D eigenvalue weighted by molar-refractivity contribution is -0.136. The predicted molar refractivity (Wildman–Crippen MR) is 247 cm³/mol. The van der Waals surface area contributed by atoms with E-state index in [0.29, 0.717) is 25.2 Å². The highest BCUT2D eigenvalue weighted by Gasteiger charge is 2.45. The monoisotopic (exact) mass is 883 g/mol. The van der Waals surface area contributed by atoms with E-state index < -0.39 is 24.3 Å². The summed E-state index contributed by atoms with van der Waals surface area (Å²) in [5.41, 5.74) is 11.2. The first-order valence-corrected chi connectivity index (χ1v) is 23.2. The van der Waals surface area contributed by atoms with Gasteiger partial charge in [0, 0.05) is 25.2 Å². The Kier molecular flexibility index (Phi) is 12.2. The molecule has 15 heteroatoms. The fourth-order valence-corrected chi connectivity index (χ4v) is 10.9. The fourth-order valence-electron chi connectivity index (χ4n) is 10.9. The van der Waals surface area contributed by atoms with Gasteiger partial charge in [-0.1, -0.05) is 76.6 Å². The van der Waals surface area contributed by atoms with E-state index in [1.54, 1.807) is 0 Å². The lowest BCUT2D eigenvalue weighted by Gasteiger charge is -2.30. The molecule has 0 spiro atoms. The number of amides is 4.